The topological polar surface area (TPSA) is 48.0 Å². The number of nitrogens with zero attached hydrogens (tertiary/aromatic N) is 1. The van der Waals surface area contributed by atoms with Gasteiger partial charge < -0.3 is 19.1 Å². The van der Waals surface area contributed by atoms with E-state index >= 15 is 0 Å². The number of carbonyl (C=O) groups excluding carboxylic acids is 1. The number of ether oxygens (including phenoxy) is 3. The Balaban J connectivity index is 2.03. The van der Waals surface area contributed by atoms with Crippen LogP contribution in [0.2, 0.25) is 0 Å². The van der Waals surface area contributed by atoms with Crippen LogP contribution in [0, 0.1) is 0 Å². The predicted molar refractivity (Wildman–Crippen MR) is 106 cm³/mol. The second kappa shape index (κ2) is 8.55. The first kappa shape index (κ1) is 22.0. The maximum Gasteiger partial charge on any atom is 0.416 e. The highest BCUT2D eigenvalue weighted by Crippen LogP contribution is 2.41. The molecule has 0 unspecified atom stereocenters. The highest BCUT2D eigenvalue weighted by molar-refractivity contribution is 6.01. The number of hydrogen-bond donors (Lipinski definition) is 0. The zero-order valence-corrected chi connectivity index (χ0v) is 17.1. The first-order valence-electron chi connectivity index (χ1n) is 9.48. The van der Waals surface area contributed by atoms with E-state index in [0.717, 1.165) is 12.1 Å². The molecule has 2 aromatic rings. The normalized spacial score (nSPS) is 16.1. The predicted octanol–water partition coefficient (Wildman–Crippen LogP) is 4.43. The molecule has 162 valence electrons. The third kappa shape index (κ3) is 4.09. The SMILES string of the molecule is COc1ccc(N(C)C(=O)C2(c3cccc(C(F)(F)F)c3)CCOCC2)cc1OC. The van der Waals surface area contributed by atoms with Crippen molar-refractivity contribution in [2.24, 2.45) is 0 Å². The maximum atomic E-state index is 13.7. The molecule has 0 aromatic heterocycles. The molecule has 3 rings (SSSR count). The van der Waals surface area contributed by atoms with Crippen LogP contribution >= 0.6 is 0 Å². The highest BCUT2D eigenvalue weighted by atomic mass is 19.4. The molecule has 30 heavy (non-hydrogen) atoms. The van der Waals surface area contributed by atoms with Crippen molar-refractivity contribution in [3.8, 4) is 11.5 Å². The van der Waals surface area contributed by atoms with E-state index in [1.807, 2.05) is 0 Å². The van der Waals surface area contributed by atoms with Gasteiger partial charge in [0, 0.05) is 32.0 Å². The smallest absolute Gasteiger partial charge is 0.416 e. The summed E-state index contributed by atoms with van der Waals surface area (Å²) in [6.07, 6.45) is -3.89. The quantitative estimate of drug-likeness (QED) is 0.714. The molecular formula is C22H24F3NO4. The van der Waals surface area contributed by atoms with Crippen molar-refractivity contribution in [2.75, 3.05) is 39.4 Å². The van der Waals surface area contributed by atoms with Crippen LogP contribution < -0.4 is 14.4 Å². The molecule has 0 bridgehead atoms. The van der Waals surface area contributed by atoms with Gasteiger partial charge in [-0.15, -0.1) is 0 Å². The van der Waals surface area contributed by atoms with E-state index in [9.17, 15) is 18.0 Å². The van der Waals surface area contributed by atoms with Crippen LogP contribution in [-0.4, -0.2) is 40.4 Å². The molecule has 0 radical (unpaired) electrons. The molecule has 0 spiro atoms. The standard InChI is InChI=1S/C22H24F3NO4/c1-26(17-7-8-18(28-2)19(14-17)29-3)20(27)21(9-11-30-12-10-21)15-5-4-6-16(13-15)22(23,24)25/h4-8,13-14H,9-12H2,1-3H3. The molecule has 0 aliphatic carbocycles. The monoisotopic (exact) mass is 423 g/mol. The number of likely N-dealkylation sites (N-methyl/N-ethyl adjacent to an activating group) is 1. The summed E-state index contributed by atoms with van der Waals surface area (Å²) in [5.74, 6) is 0.674. The highest BCUT2D eigenvalue weighted by Gasteiger charge is 2.44. The van der Waals surface area contributed by atoms with Crippen molar-refractivity contribution < 1.29 is 32.2 Å². The lowest BCUT2D eigenvalue weighted by Gasteiger charge is -2.39. The molecule has 1 aliphatic heterocycles. The Morgan fingerprint density at radius 2 is 1.70 bits per heavy atom. The van der Waals surface area contributed by atoms with Crippen molar-refractivity contribution in [3.05, 3.63) is 53.6 Å². The number of alkyl halides is 3. The Morgan fingerprint density at radius 3 is 2.30 bits per heavy atom. The van der Waals surface area contributed by atoms with Crippen molar-refractivity contribution in [2.45, 2.75) is 24.4 Å². The van der Waals surface area contributed by atoms with Crippen molar-refractivity contribution in [3.63, 3.8) is 0 Å². The Labute approximate surface area is 173 Å². The Bertz CT molecular complexity index is 907. The van der Waals surface area contributed by atoms with Gasteiger partial charge in [0.25, 0.3) is 0 Å². The van der Waals surface area contributed by atoms with Crippen molar-refractivity contribution >= 4 is 11.6 Å². The number of hydrogen-bond acceptors (Lipinski definition) is 4. The number of anilines is 1. The lowest BCUT2D eigenvalue weighted by Crippen LogP contribution is -2.49. The summed E-state index contributed by atoms with van der Waals surface area (Å²) >= 11 is 0. The summed E-state index contributed by atoms with van der Waals surface area (Å²) in [5, 5.41) is 0. The fourth-order valence-corrected chi connectivity index (χ4v) is 3.81. The van der Waals surface area contributed by atoms with Gasteiger partial charge in [0.2, 0.25) is 5.91 Å². The summed E-state index contributed by atoms with van der Waals surface area (Å²) in [5.41, 5.74) is -0.984. The number of benzene rings is 2. The first-order valence-corrected chi connectivity index (χ1v) is 9.48. The molecule has 1 saturated heterocycles. The average molecular weight is 423 g/mol. The summed E-state index contributed by atoms with van der Waals surface area (Å²) in [6, 6.07) is 10.1. The second-order valence-corrected chi connectivity index (χ2v) is 7.18. The van der Waals surface area contributed by atoms with E-state index in [0.29, 0.717) is 48.8 Å². The van der Waals surface area contributed by atoms with Gasteiger partial charge in [-0.05, 0) is 36.6 Å². The maximum absolute atomic E-state index is 13.7. The molecule has 0 N–H and O–H groups in total. The van der Waals surface area contributed by atoms with Crippen molar-refractivity contribution in [1.29, 1.82) is 0 Å². The summed E-state index contributed by atoms with van der Waals surface area (Å²) in [6.45, 7) is 0.587. The molecule has 5 nitrogen and oxygen atoms in total. The average Bonchev–Trinajstić information content (AvgIpc) is 2.77. The Morgan fingerprint density at radius 1 is 1.03 bits per heavy atom. The third-order valence-corrected chi connectivity index (χ3v) is 5.56. The molecule has 0 saturated carbocycles. The minimum absolute atomic E-state index is 0.293. The van der Waals surface area contributed by atoms with Gasteiger partial charge in [0.1, 0.15) is 0 Å². The first-order chi connectivity index (χ1) is 14.2. The number of methoxy groups -OCH3 is 2. The summed E-state index contributed by atoms with van der Waals surface area (Å²) < 4.78 is 55.8. The van der Waals surface area contributed by atoms with Gasteiger partial charge in [0.15, 0.2) is 11.5 Å². The molecular weight excluding hydrogens is 399 g/mol. The van der Waals surface area contributed by atoms with Crippen LogP contribution in [0.25, 0.3) is 0 Å². The minimum atomic E-state index is -4.49. The molecule has 8 heteroatoms. The Kier molecular flexibility index (Phi) is 6.26. The van der Waals surface area contributed by atoms with Crippen LogP contribution in [0.5, 0.6) is 11.5 Å². The van der Waals surface area contributed by atoms with Crippen molar-refractivity contribution in [1.82, 2.24) is 0 Å². The number of halogens is 3. The zero-order chi connectivity index (χ0) is 21.9. The lowest BCUT2D eigenvalue weighted by molar-refractivity contribution is -0.138. The van der Waals surface area contributed by atoms with Crippen LogP contribution in [0.3, 0.4) is 0 Å². The van der Waals surface area contributed by atoms with Gasteiger partial charge in [-0.2, -0.15) is 13.2 Å². The van der Waals surface area contributed by atoms with Gasteiger partial charge in [-0.25, -0.2) is 0 Å². The van der Waals surface area contributed by atoms with Crippen LogP contribution in [0.15, 0.2) is 42.5 Å². The van der Waals surface area contributed by atoms with E-state index in [1.165, 1.54) is 25.2 Å². The van der Waals surface area contributed by atoms with Crippen LogP contribution in [0.4, 0.5) is 18.9 Å². The zero-order valence-electron chi connectivity index (χ0n) is 17.1. The lowest BCUT2D eigenvalue weighted by atomic mass is 9.72. The summed E-state index contributed by atoms with van der Waals surface area (Å²) in [4.78, 5) is 15.1. The molecule has 1 fully saturated rings. The van der Waals surface area contributed by atoms with E-state index in [2.05, 4.69) is 0 Å². The van der Waals surface area contributed by atoms with Crippen LogP contribution in [0.1, 0.15) is 24.0 Å². The molecule has 1 amide bonds. The van der Waals surface area contributed by atoms with E-state index in [1.54, 1.807) is 31.3 Å². The number of rotatable bonds is 5. The van der Waals surface area contributed by atoms with Gasteiger partial charge >= 0.3 is 6.18 Å². The minimum Gasteiger partial charge on any atom is -0.493 e. The fourth-order valence-electron chi connectivity index (χ4n) is 3.81. The molecule has 0 atom stereocenters. The van der Waals surface area contributed by atoms with E-state index in [-0.39, 0.29) is 5.91 Å². The number of amides is 1. The summed E-state index contributed by atoms with van der Waals surface area (Å²) in [7, 11) is 4.61. The second-order valence-electron chi connectivity index (χ2n) is 7.18. The Hall–Kier alpha value is -2.74. The van der Waals surface area contributed by atoms with E-state index in [4.69, 9.17) is 14.2 Å². The van der Waals surface area contributed by atoms with Gasteiger partial charge in [-0.3, -0.25) is 4.79 Å². The number of carbonyl (C=O) groups is 1. The van der Waals surface area contributed by atoms with Gasteiger partial charge in [-0.1, -0.05) is 18.2 Å². The fraction of sp³-hybridized carbons (Fsp3) is 0.409. The third-order valence-electron chi connectivity index (χ3n) is 5.56. The molecule has 2 aromatic carbocycles. The largest absolute Gasteiger partial charge is 0.493 e. The van der Waals surface area contributed by atoms with Crippen LogP contribution in [-0.2, 0) is 21.1 Å². The molecule has 1 aliphatic rings. The molecule has 1 heterocycles. The van der Waals surface area contributed by atoms with Gasteiger partial charge in [0.05, 0.1) is 25.2 Å². The van der Waals surface area contributed by atoms with E-state index < -0.39 is 17.2 Å².